The van der Waals surface area contributed by atoms with Gasteiger partial charge in [0.25, 0.3) is 0 Å². The van der Waals surface area contributed by atoms with Crippen molar-refractivity contribution in [1.82, 2.24) is 15.5 Å². The van der Waals surface area contributed by atoms with Gasteiger partial charge in [-0.3, -0.25) is 4.79 Å². The normalized spacial score (nSPS) is 13.7. The SMILES string of the molecule is COc1ccc(-c2noc(CSCC(=O)NCCC3=CCCCC3)n2)cc1OC. The van der Waals surface area contributed by atoms with Crippen LogP contribution in [0.3, 0.4) is 0 Å². The number of methoxy groups -OCH3 is 2. The number of thioether (sulfide) groups is 1. The van der Waals surface area contributed by atoms with Crippen molar-refractivity contribution in [1.29, 1.82) is 0 Å². The van der Waals surface area contributed by atoms with Gasteiger partial charge in [0.05, 0.1) is 25.7 Å². The van der Waals surface area contributed by atoms with Crippen LogP contribution < -0.4 is 14.8 Å². The fourth-order valence-electron chi connectivity index (χ4n) is 3.18. The second-order valence-electron chi connectivity index (χ2n) is 6.78. The molecule has 0 aliphatic heterocycles. The molecule has 29 heavy (non-hydrogen) atoms. The number of rotatable bonds is 10. The molecule has 3 rings (SSSR count). The smallest absolute Gasteiger partial charge is 0.236 e. The first-order valence-electron chi connectivity index (χ1n) is 9.77. The van der Waals surface area contributed by atoms with E-state index in [2.05, 4.69) is 21.5 Å². The van der Waals surface area contributed by atoms with E-state index in [-0.39, 0.29) is 5.91 Å². The number of hydrogen-bond donors (Lipinski definition) is 1. The molecule has 7 nitrogen and oxygen atoms in total. The molecule has 1 aliphatic carbocycles. The Morgan fingerprint density at radius 1 is 1.24 bits per heavy atom. The molecule has 0 spiro atoms. The summed E-state index contributed by atoms with van der Waals surface area (Å²) in [6, 6.07) is 5.45. The highest BCUT2D eigenvalue weighted by atomic mass is 32.2. The third kappa shape index (κ3) is 6.25. The lowest BCUT2D eigenvalue weighted by Crippen LogP contribution is -2.26. The summed E-state index contributed by atoms with van der Waals surface area (Å²) in [6.07, 6.45) is 8.17. The van der Waals surface area contributed by atoms with E-state index >= 15 is 0 Å². The minimum atomic E-state index is 0.0334. The maximum absolute atomic E-state index is 12.0. The zero-order valence-electron chi connectivity index (χ0n) is 16.9. The zero-order valence-corrected chi connectivity index (χ0v) is 17.7. The van der Waals surface area contributed by atoms with Crippen molar-refractivity contribution in [3.8, 4) is 22.9 Å². The number of nitrogens with zero attached hydrogens (tertiary/aromatic N) is 2. The summed E-state index contributed by atoms with van der Waals surface area (Å²) in [5.74, 6) is 3.09. The van der Waals surface area contributed by atoms with Gasteiger partial charge in [-0.05, 0) is 50.3 Å². The summed E-state index contributed by atoms with van der Waals surface area (Å²) in [7, 11) is 3.17. The van der Waals surface area contributed by atoms with Crippen LogP contribution in [0.15, 0.2) is 34.4 Å². The Balaban J connectivity index is 1.42. The topological polar surface area (TPSA) is 86.5 Å². The van der Waals surface area contributed by atoms with Crippen LogP contribution in [-0.2, 0) is 10.5 Å². The van der Waals surface area contributed by atoms with Gasteiger partial charge < -0.3 is 19.3 Å². The third-order valence-electron chi connectivity index (χ3n) is 4.72. The molecule has 1 amide bonds. The number of amides is 1. The number of carbonyl (C=O) groups is 1. The Kier molecular flexibility index (Phi) is 7.98. The van der Waals surface area contributed by atoms with Crippen LogP contribution in [0.2, 0.25) is 0 Å². The highest BCUT2D eigenvalue weighted by molar-refractivity contribution is 7.99. The van der Waals surface area contributed by atoms with Crippen molar-refractivity contribution in [2.75, 3.05) is 26.5 Å². The molecule has 1 aromatic heterocycles. The minimum Gasteiger partial charge on any atom is -0.493 e. The van der Waals surface area contributed by atoms with E-state index in [9.17, 15) is 4.79 Å². The summed E-state index contributed by atoms with van der Waals surface area (Å²) in [4.78, 5) is 16.4. The van der Waals surface area contributed by atoms with Crippen LogP contribution in [0.25, 0.3) is 11.4 Å². The molecule has 156 valence electrons. The molecule has 2 aromatic rings. The van der Waals surface area contributed by atoms with Crippen LogP contribution in [0.5, 0.6) is 11.5 Å². The van der Waals surface area contributed by atoms with Crippen molar-refractivity contribution in [2.24, 2.45) is 0 Å². The van der Waals surface area contributed by atoms with E-state index in [0.29, 0.717) is 41.3 Å². The quantitative estimate of drug-likeness (QED) is 0.585. The van der Waals surface area contributed by atoms with E-state index in [0.717, 1.165) is 12.0 Å². The van der Waals surface area contributed by atoms with Crippen LogP contribution in [0, 0.1) is 0 Å². The van der Waals surface area contributed by atoms with Crippen molar-refractivity contribution in [3.63, 3.8) is 0 Å². The third-order valence-corrected chi connectivity index (χ3v) is 5.64. The predicted octanol–water partition coefficient (Wildman–Crippen LogP) is 3.99. The lowest BCUT2D eigenvalue weighted by atomic mass is 9.97. The first-order valence-corrected chi connectivity index (χ1v) is 10.9. The van der Waals surface area contributed by atoms with Gasteiger partial charge >= 0.3 is 0 Å². The Morgan fingerprint density at radius 3 is 2.86 bits per heavy atom. The molecule has 0 fully saturated rings. The van der Waals surface area contributed by atoms with Crippen LogP contribution in [0.1, 0.15) is 38.0 Å². The number of benzene rings is 1. The monoisotopic (exact) mass is 417 g/mol. The van der Waals surface area contributed by atoms with E-state index < -0.39 is 0 Å². The van der Waals surface area contributed by atoms with Crippen molar-refractivity contribution in [2.45, 2.75) is 37.9 Å². The number of nitrogens with one attached hydrogen (secondary N) is 1. The van der Waals surface area contributed by atoms with Gasteiger partial charge in [-0.15, -0.1) is 11.8 Å². The van der Waals surface area contributed by atoms with Crippen molar-refractivity contribution in [3.05, 3.63) is 35.7 Å². The average Bonchev–Trinajstić information content (AvgIpc) is 3.23. The van der Waals surface area contributed by atoms with Crippen molar-refractivity contribution >= 4 is 17.7 Å². The molecule has 1 N–H and O–H groups in total. The Labute approximate surface area is 175 Å². The molecule has 0 saturated carbocycles. The van der Waals surface area contributed by atoms with Crippen LogP contribution in [0.4, 0.5) is 0 Å². The van der Waals surface area contributed by atoms with Gasteiger partial charge in [-0.25, -0.2) is 0 Å². The molecule has 0 radical (unpaired) electrons. The number of allylic oxidation sites excluding steroid dienone is 1. The standard InChI is InChI=1S/C21H27N3O4S/c1-26-17-9-8-16(12-18(17)27-2)21-23-20(28-24-21)14-29-13-19(25)22-11-10-15-6-4-3-5-7-15/h6,8-9,12H,3-5,7,10-11,13-14H2,1-2H3,(H,22,25). The van der Waals surface area contributed by atoms with Gasteiger partial charge in [0.2, 0.25) is 17.6 Å². The van der Waals surface area contributed by atoms with Crippen LogP contribution in [-0.4, -0.2) is 42.6 Å². The molecule has 0 unspecified atom stereocenters. The number of carbonyl (C=O) groups excluding carboxylic acids is 1. The van der Waals surface area contributed by atoms with E-state index in [1.54, 1.807) is 26.4 Å². The molecule has 1 aromatic carbocycles. The maximum Gasteiger partial charge on any atom is 0.236 e. The molecule has 1 heterocycles. The van der Waals surface area contributed by atoms with Gasteiger partial charge in [0, 0.05) is 12.1 Å². The molecular formula is C21H27N3O4S. The molecular weight excluding hydrogens is 390 g/mol. The Bertz CT molecular complexity index is 850. The predicted molar refractivity (Wildman–Crippen MR) is 113 cm³/mol. The average molecular weight is 418 g/mol. The number of ether oxygens (including phenoxy) is 2. The van der Waals surface area contributed by atoms with Gasteiger partial charge in [-0.2, -0.15) is 4.98 Å². The fraction of sp³-hybridized carbons (Fsp3) is 0.476. The van der Waals surface area contributed by atoms with Gasteiger partial charge in [0.1, 0.15) is 0 Å². The second kappa shape index (κ2) is 10.9. The first-order chi connectivity index (χ1) is 14.2. The largest absolute Gasteiger partial charge is 0.493 e. The molecule has 0 bridgehead atoms. The zero-order chi connectivity index (χ0) is 20.5. The Morgan fingerprint density at radius 2 is 2.10 bits per heavy atom. The highest BCUT2D eigenvalue weighted by Crippen LogP contribution is 2.31. The lowest BCUT2D eigenvalue weighted by Gasteiger charge is -2.12. The molecule has 0 atom stereocenters. The van der Waals surface area contributed by atoms with E-state index in [1.807, 2.05) is 6.07 Å². The van der Waals surface area contributed by atoms with E-state index in [1.165, 1.54) is 43.0 Å². The highest BCUT2D eigenvalue weighted by Gasteiger charge is 2.13. The number of aromatic nitrogens is 2. The summed E-state index contributed by atoms with van der Waals surface area (Å²) in [5.41, 5.74) is 2.25. The van der Waals surface area contributed by atoms with Crippen molar-refractivity contribution < 1.29 is 18.8 Å². The lowest BCUT2D eigenvalue weighted by molar-refractivity contribution is -0.118. The first kappa shape index (κ1) is 21.2. The molecule has 8 heteroatoms. The maximum atomic E-state index is 12.0. The summed E-state index contributed by atoms with van der Waals surface area (Å²) < 4.78 is 15.8. The minimum absolute atomic E-state index is 0.0334. The Hall–Kier alpha value is -2.48. The second-order valence-corrected chi connectivity index (χ2v) is 7.77. The van der Waals surface area contributed by atoms with Crippen LogP contribution >= 0.6 is 11.8 Å². The number of hydrogen-bond acceptors (Lipinski definition) is 7. The summed E-state index contributed by atoms with van der Waals surface area (Å²) in [6.45, 7) is 0.704. The molecule has 0 saturated heterocycles. The van der Waals surface area contributed by atoms with E-state index in [4.69, 9.17) is 14.0 Å². The fourth-order valence-corrected chi connectivity index (χ4v) is 3.86. The van der Waals surface area contributed by atoms with Gasteiger partial charge in [0.15, 0.2) is 11.5 Å². The summed E-state index contributed by atoms with van der Waals surface area (Å²) >= 11 is 1.46. The summed E-state index contributed by atoms with van der Waals surface area (Å²) in [5, 5.41) is 6.99. The molecule has 1 aliphatic rings. The van der Waals surface area contributed by atoms with Gasteiger partial charge in [-0.1, -0.05) is 16.8 Å².